The first kappa shape index (κ1) is 12.4. The van der Waals surface area contributed by atoms with Gasteiger partial charge in [-0.1, -0.05) is 29.8 Å². The molecule has 2 aromatic carbocycles. The molecule has 0 amide bonds. The molecule has 17 heavy (non-hydrogen) atoms. The maximum atomic E-state index is 13.4. The zero-order chi connectivity index (χ0) is 12.3. The van der Waals surface area contributed by atoms with Crippen molar-refractivity contribution in [2.45, 2.75) is 6.54 Å². The molecular formula is C13H10BrClFN. The molecule has 2 rings (SSSR count). The molecule has 0 aliphatic carbocycles. The van der Waals surface area contributed by atoms with E-state index in [1.165, 1.54) is 6.07 Å². The molecule has 0 radical (unpaired) electrons. The minimum atomic E-state index is -0.210. The molecule has 0 bridgehead atoms. The highest BCUT2D eigenvalue weighted by Crippen LogP contribution is 2.26. The van der Waals surface area contributed by atoms with Crippen molar-refractivity contribution in [1.29, 1.82) is 0 Å². The van der Waals surface area contributed by atoms with Crippen molar-refractivity contribution in [3.63, 3.8) is 0 Å². The van der Waals surface area contributed by atoms with E-state index < -0.39 is 0 Å². The largest absolute Gasteiger partial charge is 0.380 e. The molecule has 0 atom stereocenters. The lowest BCUT2D eigenvalue weighted by Crippen LogP contribution is -2.02. The number of rotatable bonds is 3. The van der Waals surface area contributed by atoms with Gasteiger partial charge in [0.15, 0.2) is 0 Å². The Balaban J connectivity index is 2.12. The summed E-state index contributed by atoms with van der Waals surface area (Å²) in [6.07, 6.45) is 0. The SMILES string of the molecule is Fc1ccccc1CNc1cc(Cl)ccc1Br. The summed E-state index contributed by atoms with van der Waals surface area (Å²) in [6.45, 7) is 0.422. The highest BCUT2D eigenvalue weighted by atomic mass is 79.9. The van der Waals surface area contributed by atoms with Gasteiger partial charge in [0.25, 0.3) is 0 Å². The van der Waals surface area contributed by atoms with Gasteiger partial charge in [0, 0.05) is 21.6 Å². The predicted molar refractivity (Wildman–Crippen MR) is 72.9 cm³/mol. The number of nitrogens with one attached hydrogen (secondary N) is 1. The van der Waals surface area contributed by atoms with E-state index in [2.05, 4.69) is 21.2 Å². The van der Waals surface area contributed by atoms with Gasteiger partial charge in [0.2, 0.25) is 0 Å². The molecule has 0 aromatic heterocycles. The summed E-state index contributed by atoms with van der Waals surface area (Å²) in [7, 11) is 0. The second kappa shape index (κ2) is 5.52. The van der Waals surface area contributed by atoms with Gasteiger partial charge in [0.1, 0.15) is 5.82 Å². The Morgan fingerprint density at radius 3 is 2.71 bits per heavy atom. The highest BCUT2D eigenvalue weighted by molar-refractivity contribution is 9.10. The van der Waals surface area contributed by atoms with Crippen LogP contribution in [0.2, 0.25) is 5.02 Å². The fourth-order valence-electron chi connectivity index (χ4n) is 1.47. The van der Waals surface area contributed by atoms with Crippen LogP contribution in [0.15, 0.2) is 46.9 Å². The topological polar surface area (TPSA) is 12.0 Å². The summed E-state index contributed by atoms with van der Waals surface area (Å²) in [5, 5.41) is 3.78. The van der Waals surface area contributed by atoms with Gasteiger partial charge < -0.3 is 5.32 Å². The van der Waals surface area contributed by atoms with Crippen molar-refractivity contribution in [2.75, 3.05) is 5.32 Å². The van der Waals surface area contributed by atoms with E-state index in [9.17, 15) is 4.39 Å². The van der Waals surface area contributed by atoms with Crippen molar-refractivity contribution in [1.82, 2.24) is 0 Å². The van der Waals surface area contributed by atoms with Crippen LogP contribution in [0, 0.1) is 5.82 Å². The Kier molecular flexibility index (Phi) is 4.02. The Morgan fingerprint density at radius 2 is 1.94 bits per heavy atom. The lowest BCUT2D eigenvalue weighted by atomic mass is 10.2. The first-order valence-corrected chi connectivity index (χ1v) is 6.26. The van der Waals surface area contributed by atoms with Crippen LogP contribution in [0.5, 0.6) is 0 Å². The second-order valence-electron chi connectivity index (χ2n) is 3.57. The number of halogens is 3. The number of hydrogen-bond donors (Lipinski definition) is 1. The molecule has 0 saturated carbocycles. The van der Waals surface area contributed by atoms with Crippen molar-refractivity contribution in [3.05, 3.63) is 63.3 Å². The Morgan fingerprint density at radius 1 is 1.18 bits per heavy atom. The molecule has 0 aliphatic heterocycles. The van der Waals surface area contributed by atoms with Gasteiger partial charge in [-0.05, 0) is 40.2 Å². The van der Waals surface area contributed by atoms with E-state index in [-0.39, 0.29) is 5.82 Å². The first-order valence-electron chi connectivity index (χ1n) is 5.09. The van der Waals surface area contributed by atoms with Crippen molar-refractivity contribution >= 4 is 33.2 Å². The highest BCUT2D eigenvalue weighted by Gasteiger charge is 2.03. The van der Waals surface area contributed by atoms with E-state index in [1.54, 1.807) is 24.3 Å². The molecule has 4 heteroatoms. The third-order valence-corrected chi connectivity index (χ3v) is 3.28. The second-order valence-corrected chi connectivity index (χ2v) is 4.86. The van der Waals surface area contributed by atoms with Crippen molar-refractivity contribution in [3.8, 4) is 0 Å². The molecule has 0 unspecified atom stereocenters. The van der Waals surface area contributed by atoms with Crippen molar-refractivity contribution < 1.29 is 4.39 Å². The smallest absolute Gasteiger partial charge is 0.128 e. The van der Waals surface area contributed by atoms with Crippen LogP contribution in [-0.4, -0.2) is 0 Å². The molecule has 0 fully saturated rings. The maximum Gasteiger partial charge on any atom is 0.128 e. The van der Waals surface area contributed by atoms with Crippen LogP contribution in [0.3, 0.4) is 0 Å². The molecular weight excluding hydrogens is 305 g/mol. The van der Waals surface area contributed by atoms with E-state index in [4.69, 9.17) is 11.6 Å². The van der Waals surface area contributed by atoms with E-state index in [1.807, 2.05) is 12.1 Å². The average Bonchev–Trinajstić information content (AvgIpc) is 2.32. The minimum Gasteiger partial charge on any atom is -0.380 e. The zero-order valence-corrected chi connectivity index (χ0v) is 11.2. The van der Waals surface area contributed by atoms with Crippen LogP contribution >= 0.6 is 27.5 Å². The van der Waals surface area contributed by atoms with Gasteiger partial charge in [-0.25, -0.2) is 4.39 Å². The summed E-state index contributed by atoms with van der Waals surface area (Å²) in [4.78, 5) is 0. The summed E-state index contributed by atoms with van der Waals surface area (Å²) >= 11 is 9.30. The van der Waals surface area contributed by atoms with Crippen LogP contribution in [0.25, 0.3) is 0 Å². The van der Waals surface area contributed by atoms with Crippen LogP contribution in [0.4, 0.5) is 10.1 Å². The first-order chi connectivity index (χ1) is 8.16. The Labute approximate surface area is 113 Å². The fraction of sp³-hybridized carbons (Fsp3) is 0.0769. The molecule has 0 saturated heterocycles. The molecule has 1 nitrogen and oxygen atoms in total. The molecule has 88 valence electrons. The quantitative estimate of drug-likeness (QED) is 0.853. The summed E-state index contributed by atoms with van der Waals surface area (Å²) < 4.78 is 14.3. The normalized spacial score (nSPS) is 10.3. The lowest BCUT2D eigenvalue weighted by molar-refractivity contribution is 0.613. The van der Waals surface area contributed by atoms with Gasteiger partial charge >= 0.3 is 0 Å². The zero-order valence-electron chi connectivity index (χ0n) is 8.88. The molecule has 0 spiro atoms. The standard InChI is InChI=1S/C13H10BrClFN/c14-11-6-5-10(15)7-13(11)17-8-9-3-1-2-4-12(9)16/h1-7,17H,8H2. The molecule has 2 aromatic rings. The monoisotopic (exact) mass is 313 g/mol. The third kappa shape index (κ3) is 3.20. The van der Waals surface area contributed by atoms with Gasteiger partial charge in [0.05, 0.1) is 5.69 Å². The Hall–Kier alpha value is -1.06. The summed E-state index contributed by atoms with van der Waals surface area (Å²) in [5.74, 6) is -0.210. The van der Waals surface area contributed by atoms with Gasteiger partial charge in [-0.3, -0.25) is 0 Å². The number of benzene rings is 2. The maximum absolute atomic E-state index is 13.4. The van der Waals surface area contributed by atoms with Gasteiger partial charge in [-0.15, -0.1) is 0 Å². The lowest BCUT2D eigenvalue weighted by Gasteiger charge is -2.09. The molecule has 1 N–H and O–H groups in total. The van der Waals surface area contributed by atoms with Crippen LogP contribution in [-0.2, 0) is 6.54 Å². The average molecular weight is 315 g/mol. The van der Waals surface area contributed by atoms with E-state index in [0.717, 1.165) is 10.2 Å². The molecule has 0 heterocycles. The summed E-state index contributed by atoms with van der Waals surface area (Å²) in [6, 6.07) is 12.1. The van der Waals surface area contributed by atoms with Crippen LogP contribution in [0.1, 0.15) is 5.56 Å². The molecule has 0 aliphatic rings. The third-order valence-electron chi connectivity index (χ3n) is 2.36. The minimum absolute atomic E-state index is 0.210. The van der Waals surface area contributed by atoms with E-state index in [0.29, 0.717) is 17.1 Å². The van der Waals surface area contributed by atoms with Gasteiger partial charge in [-0.2, -0.15) is 0 Å². The van der Waals surface area contributed by atoms with Crippen molar-refractivity contribution in [2.24, 2.45) is 0 Å². The van der Waals surface area contributed by atoms with Crippen LogP contribution < -0.4 is 5.32 Å². The Bertz CT molecular complexity index is 531. The fourth-order valence-corrected chi connectivity index (χ4v) is 2.02. The summed E-state index contributed by atoms with van der Waals surface area (Å²) in [5.41, 5.74) is 1.47. The predicted octanol–water partition coefficient (Wildman–Crippen LogP) is 4.85. The van der Waals surface area contributed by atoms with E-state index >= 15 is 0 Å². The number of anilines is 1. The number of hydrogen-bond acceptors (Lipinski definition) is 1.